The molecule has 1 aliphatic heterocycles. The van der Waals surface area contributed by atoms with Gasteiger partial charge in [-0.25, -0.2) is 0 Å². The zero-order chi connectivity index (χ0) is 12.3. The highest BCUT2D eigenvalue weighted by Gasteiger charge is 2.21. The monoisotopic (exact) mass is 318 g/mol. The normalized spacial score (nSPS) is 21.4. The lowest BCUT2D eigenvalue weighted by atomic mass is 10.3. The van der Waals surface area contributed by atoms with Gasteiger partial charge in [0.2, 0.25) is 0 Å². The zero-order valence-electron chi connectivity index (χ0n) is 9.65. The lowest BCUT2D eigenvalue weighted by molar-refractivity contribution is 0.128. The van der Waals surface area contributed by atoms with Crippen LogP contribution in [0.15, 0.2) is 27.6 Å². The number of halogens is 1. The molecule has 17 heavy (non-hydrogen) atoms. The van der Waals surface area contributed by atoms with E-state index in [2.05, 4.69) is 15.9 Å². The predicted octanol–water partition coefficient (Wildman–Crippen LogP) is 2.74. The fraction of sp³-hybridized carbons (Fsp3) is 0.500. The van der Waals surface area contributed by atoms with Gasteiger partial charge in [0.15, 0.2) is 0 Å². The average Bonchev–Trinajstić information content (AvgIpc) is 2.81. The molecule has 0 spiro atoms. The summed E-state index contributed by atoms with van der Waals surface area (Å²) in [5, 5.41) is 0. The molecule has 1 saturated heterocycles. The third-order valence-corrected chi connectivity index (χ3v) is 4.71. The van der Waals surface area contributed by atoms with Gasteiger partial charge in [-0.2, -0.15) is 0 Å². The molecule has 1 aliphatic rings. The quantitative estimate of drug-likeness (QED) is 0.856. The highest BCUT2D eigenvalue weighted by atomic mass is 79.9. The van der Waals surface area contributed by atoms with Crippen LogP contribution in [0.3, 0.4) is 0 Å². The van der Waals surface area contributed by atoms with E-state index in [1.165, 1.54) is 0 Å². The van der Waals surface area contributed by atoms with Gasteiger partial charge < -0.3 is 9.47 Å². The molecule has 94 valence electrons. The standard InChI is InChI=1S/C12H15BrO3S/c1-15-11-5-4-9(13)7-12(11)17(14)8-10-3-2-6-16-10/h4-5,7,10H,2-3,6,8H2,1H3. The number of hydrogen-bond acceptors (Lipinski definition) is 3. The van der Waals surface area contributed by atoms with Crippen molar-refractivity contribution < 1.29 is 13.7 Å². The van der Waals surface area contributed by atoms with Crippen molar-refractivity contribution in [3.8, 4) is 5.75 Å². The maximum atomic E-state index is 12.3. The maximum Gasteiger partial charge on any atom is 0.135 e. The Kier molecular flexibility index (Phi) is 4.59. The van der Waals surface area contributed by atoms with E-state index in [9.17, 15) is 4.21 Å². The summed E-state index contributed by atoms with van der Waals surface area (Å²) >= 11 is 3.39. The Labute approximate surface area is 112 Å². The Morgan fingerprint density at radius 3 is 3.06 bits per heavy atom. The van der Waals surface area contributed by atoms with Gasteiger partial charge in [0.1, 0.15) is 5.75 Å². The topological polar surface area (TPSA) is 35.5 Å². The molecule has 0 bridgehead atoms. The molecule has 0 aromatic heterocycles. The lowest BCUT2D eigenvalue weighted by Gasteiger charge is -2.12. The largest absolute Gasteiger partial charge is 0.495 e. The number of hydrogen-bond donors (Lipinski definition) is 0. The molecule has 0 amide bonds. The van der Waals surface area contributed by atoms with Crippen molar-refractivity contribution in [3.05, 3.63) is 22.7 Å². The first-order valence-corrected chi connectivity index (χ1v) is 7.65. The van der Waals surface area contributed by atoms with Crippen molar-refractivity contribution in [2.24, 2.45) is 0 Å². The molecule has 5 heteroatoms. The number of benzene rings is 1. The average molecular weight is 319 g/mol. The fourth-order valence-electron chi connectivity index (χ4n) is 1.86. The molecule has 1 fully saturated rings. The fourth-order valence-corrected chi connectivity index (χ4v) is 3.79. The molecule has 1 aromatic carbocycles. The highest BCUT2D eigenvalue weighted by Crippen LogP contribution is 2.27. The van der Waals surface area contributed by atoms with Gasteiger partial charge in [-0.05, 0) is 31.0 Å². The van der Waals surface area contributed by atoms with Crippen molar-refractivity contribution in [2.45, 2.75) is 23.8 Å². The molecule has 1 heterocycles. The van der Waals surface area contributed by atoms with E-state index < -0.39 is 10.8 Å². The molecule has 2 atom stereocenters. The van der Waals surface area contributed by atoms with Crippen LogP contribution in [0.25, 0.3) is 0 Å². The molecule has 1 aromatic rings. The molecule has 0 aliphatic carbocycles. The molecule has 0 saturated carbocycles. The van der Waals surface area contributed by atoms with Crippen molar-refractivity contribution in [1.82, 2.24) is 0 Å². The first-order chi connectivity index (χ1) is 8.20. The smallest absolute Gasteiger partial charge is 0.135 e. The Morgan fingerprint density at radius 2 is 2.41 bits per heavy atom. The van der Waals surface area contributed by atoms with Crippen LogP contribution in [0.1, 0.15) is 12.8 Å². The van der Waals surface area contributed by atoms with Gasteiger partial charge in [0, 0.05) is 11.1 Å². The molecule has 0 radical (unpaired) electrons. The summed E-state index contributed by atoms with van der Waals surface area (Å²) < 4.78 is 23.9. The summed E-state index contributed by atoms with van der Waals surface area (Å²) in [4.78, 5) is 0.734. The first-order valence-electron chi connectivity index (χ1n) is 5.54. The minimum absolute atomic E-state index is 0.125. The Balaban J connectivity index is 2.14. The molecular weight excluding hydrogens is 304 g/mol. The van der Waals surface area contributed by atoms with Gasteiger partial charge in [-0.1, -0.05) is 15.9 Å². The first kappa shape index (κ1) is 13.1. The third kappa shape index (κ3) is 3.30. The van der Waals surface area contributed by atoms with Crippen LogP contribution in [-0.4, -0.2) is 29.8 Å². The van der Waals surface area contributed by atoms with Gasteiger partial charge in [-0.15, -0.1) is 0 Å². The molecule has 3 nitrogen and oxygen atoms in total. The van der Waals surface area contributed by atoms with E-state index in [4.69, 9.17) is 9.47 Å². The van der Waals surface area contributed by atoms with Crippen LogP contribution in [-0.2, 0) is 15.5 Å². The summed E-state index contributed by atoms with van der Waals surface area (Å²) in [5.41, 5.74) is 0. The molecule has 2 rings (SSSR count). The second kappa shape index (κ2) is 5.98. The van der Waals surface area contributed by atoms with Crippen LogP contribution < -0.4 is 4.74 Å². The van der Waals surface area contributed by atoms with Crippen molar-refractivity contribution in [1.29, 1.82) is 0 Å². The Bertz CT molecular complexity index is 416. The second-order valence-corrected chi connectivity index (χ2v) is 6.32. The predicted molar refractivity (Wildman–Crippen MR) is 70.9 cm³/mol. The van der Waals surface area contributed by atoms with E-state index >= 15 is 0 Å². The summed E-state index contributed by atoms with van der Waals surface area (Å²) in [7, 11) is 0.518. The summed E-state index contributed by atoms with van der Waals surface area (Å²) in [5.74, 6) is 1.22. The second-order valence-electron chi connectivity index (χ2n) is 3.94. The van der Waals surface area contributed by atoms with Crippen molar-refractivity contribution in [3.63, 3.8) is 0 Å². The van der Waals surface area contributed by atoms with Crippen LogP contribution >= 0.6 is 15.9 Å². The van der Waals surface area contributed by atoms with E-state index in [1.807, 2.05) is 18.2 Å². The number of rotatable bonds is 4. The maximum absolute atomic E-state index is 12.3. The minimum Gasteiger partial charge on any atom is -0.495 e. The van der Waals surface area contributed by atoms with E-state index in [0.29, 0.717) is 11.5 Å². The van der Waals surface area contributed by atoms with Gasteiger partial charge in [0.05, 0.1) is 34.7 Å². The molecule has 0 N–H and O–H groups in total. The van der Waals surface area contributed by atoms with Crippen LogP contribution in [0, 0.1) is 0 Å². The molecular formula is C12H15BrO3S. The summed E-state index contributed by atoms with van der Waals surface area (Å²) in [6.07, 6.45) is 2.19. The van der Waals surface area contributed by atoms with Crippen molar-refractivity contribution >= 4 is 26.7 Å². The van der Waals surface area contributed by atoms with Crippen LogP contribution in [0.2, 0.25) is 0 Å². The van der Waals surface area contributed by atoms with E-state index in [-0.39, 0.29) is 6.10 Å². The zero-order valence-corrected chi connectivity index (χ0v) is 12.1. The van der Waals surface area contributed by atoms with E-state index in [0.717, 1.165) is 28.8 Å². The highest BCUT2D eigenvalue weighted by molar-refractivity contribution is 9.10. The molecule has 2 unspecified atom stereocenters. The van der Waals surface area contributed by atoms with Gasteiger partial charge in [-0.3, -0.25) is 4.21 Å². The Morgan fingerprint density at radius 1 is 1.59 bits per heavy atom. The number of methoxy groups -OCH3 is 1. The third-order valence-electron chi connectivity index (χ3n) is 2.73. The van der Waals surface area contributed by atoms with Crippen LogP contribution in [0.5, 0.6) is 5.75 Å². The van der Waals surface area contributed by atoms with E-state index in [1.54, 1.807) is 7.11 Å². The van der Waals surface area contributed by atoms with Gasteiger partial charge >= 0.3 is 0 Å². The lowest BCUT2D eigenvalue weighted by Crippen LogP contribution is -2.16. The SMILES string of the molecule is COc1ccc(Br)cc1S(=O)CC1CCCO1. The van der Waals surface area contributed by atoms with Crippen molar-refractivity contribution in [2.75, 3.05) is 19.5 Å². The minimum atomic E-state index is -1.07. The Hall–Kier alpha value is -0.390. The summed E-state index contributed by atoms with van der Waals surface area (Å²) in [6.45, 7) is 0.789. The summed E-state index contributed by atoms with van der Waals surface area (Å²) in [6, 6.07) is 5.56. The van der Waals surface area contributed by atoms with Gasteiger partial charge in [0.25, 0.3) is 0 Å². The number of ether oxygens (including phenoxy) is 2. The van der Waals surface area contributed by atoms with Crippen LogP contribution in [0.4, 0.5) is 0 Å².